The highest BCUT2D eigenvalue weighted by atomic mass is 32.2. The predicted octanol–water partition coefficient (Wildman–Crippen LogP) is 3.12. The molecule has 1 aromatic carbocycles. The molecule has 0 saturated carbocycles. The number of amides is 1. The average Bonchev–Trinajstić information content (AvgIpc) is 3.16. The first-order valence-corrected chi connectivity index (χ1v) is 9.77. The zero-order valence-electron chi connectivity index (χ0n) is 14.7. The third-order valence-corrected chi connectivity index (χ3v) is 5.52. The van der Waals surface area contributed by atoms with Crippen molar-refractivity contribution in [2.24, 2.45) is 10.2 Å². The van der Waals surface area contributed by atoms with E-state index in [0.29, 0.717) is 25.1 Å². The average molecular weight is 378 g/mol. The molecule has 6 nitrogen and oxygen atoms in total. The molecule has 0 aliphatic carbocycles. The van der Waals surface area contributed by atoms with Gasteiger partial charge in [-0.1, -0.05) is 18.2 Å². The van der Waals surface area contributed by atoms with Gasteiger partial charge in [0.2, 0.25) is 5.91 Å². The van der Waals surface area contributed by atoms with Gasteiger partial charge in [0, 0.05) is 36.9 Å². The molecular formula is C20H18N4O2S. The van der Waals surface area contributed by atoms with Crippen molar-refractivity contribution in [3.8, 4) is 0 Å². The first kappa shape index (κ1) is 17.6. The van der Waals surface area contributed by atoms with Crippen LogP contribution in [-0.2, 0) is 9.59 Å². The number of benzene rings is 1. The Kier molecular flexibility index (Phi) is 5.11. The number of rotatable bonds is 6. The zero-order valence-corrected chi connectivity index (χ0v) is 15.5. The molecular weight excluding hydrogens is 360 g/mol. The SMILES string of the molecule is O=C(CCN1C(=O)CSc2ccccc21)CC1=NN=C(c2ccccn2)C1. The lowest BCUT2D eigenvalue weighted by atomic mass is 10.0. The number of thioether (sulfide) groups is 1. The molecule has 0 bridgehead atoms. The van der Waals surface area contributed by atoms with Gasteiger partial charge < -0.3 is 4.90 Å². The molecule has 0 unspecified atom stereocenters. The number of carbonyl (C=O) groups excluding carboxylic acids is 2. The summed E-state index contributed by atoms with van der Waals surface area (Å²) in [7, 11) is 0. The predicted molar refractivity (Wildman–Crippen MR) is 107 cm³/mol. The van der Waals surface area contributed by atoms with Gasteiger partial charge in [0.15, 0.2) is 0 Å². The van der Waals surface area contributed by atoms with E-state index >= 15 is 0 Å². The lowest BCUT2D eigenvalue weighted by molar-refractivity contribution is -0.118. The number of carbonyl (C=O) groups is 2. The maximum atomic E-state index is 12.4. The molecule has 0 radical (unpaired) electrons. The van der Waals surface area contributed by atoms with Crippen LogP contribution in [0.3, 0.4) is 0 Å². The third-order valence-electron chi connectivity index (χ3n) is 4.47. The van der Waals surface area contributed by atoms with E-state index in [9.17, 15) is 9.59 Å². The topological polar surface area (TPSA) is 75.0 Å². The number of nitrogens with zero attached hydrogens (tertiary/aromatic N) is 4. The molecule has 0 atom stereocenters. The highest BCUT2D eigenvalue weighted by molar-refractivity contribution is 8.00. The van der Waals surface area contributed by atoms with Gasteiger partial charge in [0.05, 0.1) is 28.6 Å². The van der Waals surface area contributed by atoms with E-state index < -0.39 is 0 Å². The van der Waals surface area contributed by atoms with Gasteiger partial charge in [-0.3, -0.25) is 14.6 Å². The molecule has 136 valence electrons. The Balaban J connectivity index is 1.32. The Morgan fingerprint density at radius 2 is 1.96 bits per heavy atom. The fourth-order valence-electron chi connectivity index (χ4n) is 3.12. The summed E-state index contributed by atoms with van der Waals surface area (Å²) in [5, 5.41) is 8.29. The van der Waals surface area contributed by atoms with Crippen LogP contribution in [-0.4, -0.2) is 40.4 Å². The fourth-order valence-corrected chi connectivity index (χ4v) is 4.06. The number of aromatic nitrogens is 1. The molecule has 0 fully saturated rings. The van der Waals surface area contributed by atoms with Crippen molar-refractivity contribution >= 4 is 40.6 Å². The number of pyridine rings is 1. The van der Waals surface area contributed by atoms with E-state index in [1.165, 1.54) is 0 Å². The van der Waals surface area contributed by atoms with Crippen LogP contribution in [0.25, 0.3) is 0 Å². The van der Waals surface area contributed by atoms with Crippen LogP contribution in [0.1, 0.15) is 25.0 Å². The Bertz CT molecular complexity index is 940. The summed E-state index contributed by atoms with van der Waals surface area (Å²) in [4.78, 5) is 31.7. The number of para-hydroxylation sites is 1. The zero-order chi connectivity index (χ0) is 18.6. The number of ketones is 1. The summed E-state index contributed by atoms with van der Waals surface area (Å²) in [6.45, 7) is 0.399. The normalized spacial score (nSPS) is 16.0. The molecule has 1 aromatic heterocycles. The summed E-state index contributed by atoms with van der Waals surface area (Å²) >= 11 is 1.54. The number of hydrogen-bond acceptors (Lipinski definition) is 6. The molecule has 0 N–H and O–H groups in total. The molecule has 3 heterocycles. The number of Topliss-reactive ketones (excluding diaryl/α,β-unsaturated/α-hetero) is 1. The van der Waals surface area contributed by atoms with E-state index in [2.05, 4.69) is 15.2 Å². The van der Waals surface area contributed by atoms with Crippen LogP contribution in [0.5, 0.6) is 0 Å². The van der Waals surface area contributed by atoms with E-state index in [4.69, 9.17) is 0 Å². The van der Waals surface area contributed by atoms with Gasteiger partial charge >= 0.3 is 0 Å². The second-order valence-corrected chi connectivity index (χ2v) is 7.39. The first-order chi connectivity index (χ1) is 13.2. The van der Waals surface area contributed by atoms with Gasteiger partial charge in [-0.05, 0) is 24.3 Å². The summed E-state index contributed by atoms with van der Waals surface area (Å²) in [6, 6.07) is 13.4. The molecule has 1 amide bonds. The second-order valence-electron chi connectivity index (χ2n) is 6.37. The van der Waals surface area contributed by atoms with Crippen molar-refractivity contribution in [1.82, 2.24) is 4.98 Å². The minimum absolute atomic E-state index is 0.0467. The summed E-state index contributed by atoms with van der Waals surface area (Å²) in [5.74, 6) is 0.527. The molecule has 0 spiro atoms. The Hall–Kier alpha value is -2.80. The van der Waals surface area contributed by atoms with Crippen molar-refractivity contribution in [2.75, 3.05) is 17.2 Å². The Morgan fingerprint density at radius 1 is 1.11 bits per heavy atom. The maximum Gasteiger partial charge on any atom is 0.237 e. The molecule has 2 aliphatic rings. The van der Waals surface area contributed by atoms with E-state index in [-0.39, 0.29) is 18.1 Å². The molecule has 7 heteroatoms. The van der Waals surface area contributed by atoms with Crippen molar-refractivity contribution in [1.29, 1.82) is 0 Å². The van der Waals surface area contributed by atoms with Gasteiger partial charge in [0.25, 0.3) is 0 Å². The highest BCUT2D eigenvalue weighted by Crippen LogP contribution is 2.34. The molecule has 4 rings (SSSR count). The van der Waals surface area contributed by atoms with Crippen molar-refractivity contribution < 1.29 is 9.59 Å². The van der Waals surface area contributed by atoms with Crippen LogP contribution in [0.4, 0.5) is 5.69 Å². The standard InChI is InChI=1S/C20H18N4O2S/c25-15(11-14-12-17(23-22-14)16-5-3-4-9-21-16)8-10-24-18-6-1-2-7-19(18)27-13-20(24)26/h1-7,9H,8,10-13H2. The smallest absolute Gasteiger partial charge is 0.237 e. The largest absolute Gasteiger partial charge is 0.310 e. The minimum atomic E-state index is 0.0467. The van der Waals surface area contributed by atoms with Crippen LogP contribution in [0, 0.1) is 0 Å². The molecule has 27 heavy (non-hydrogen) atoms. The van der Waals surface area contributed by atoms with Gasteiger partial charge in [-0.25, -0.2) is 0 Å². The second kappa shape index (κ2) is 7.84. The van der Waals surface area contributed by atoms with Crippen LogP contribution in [0.15, 0.2) is 63.8 Å². The summed E-state index contributed by atoms with van der Waals surface area (Å²) in [6.07, 6.45) is 2.83. The minimum Gasteiger partial charge on any atom is -0.310 e. The maximum absolute atomic E-state index is 12.4. The lowest BCUT2D eigenvalue weighted by Gasteiger charge is -2.28. The first-order valence-electron chi connectivity index (χ1n) is 8.78. The van der Waals surface area contributed by atoms with E-state index in [1.807, 2.05) is 42.5 Å². The lowest BCUT2D eigenvalue weighted by Crippen LogP contribution is -2.37. The van der Waals surface area contributed by atoms with Gasteiger partial charge in [-0.15, -0.1) is 11.8 Å². The monoisotopic (exact) mass is 378 g/mol. The molecule has 2 aromatic rings. The third kappa shape index (κ3) is 3.98. The Morgan fingerprint density at radius 3 is 2.81 bits per heavy atom. The number of anilines is 1. The summed E-state index contributed by atoms with van der Waals surface area (Å²) < 4.78 is 0. The van der Waals surface area contributed by atoms with Crippen molar-refractivity contribution in [2.45, 2.75) is 24.2 Å². The van der Waals surface area contributed by atoms with Crippen LogP contribution in [0.2, 0.25) is 0 Å². The number of hydrogen-bond donors (Lipinski definition) is 0. The van der Waals surface area contributed by atoms with Gasteiger partial charge in [0.1, 0.15) is 5.78 Å². The van der Waals surface area contributed by atoms with Crippen LogP contribution < -0.4 is 4.90 Å². The van der Waals surface area contributed by atoms with Crippen molar-refractivity contribution in [3.05, 3.63) is 54.4 Å². The molecule has 2 aliphatic heterocycles. The quantitative estimate of drug-likeness (QED) is 0.774. The van der Waals surface area contributed by atoms with E-state index in [0.717, 1.165) is 27.7 Å². The van der Waals surface area contributed by atoms with Crippen LogP contribution >= 0.6 is 11.8 Å². The van der Waals surface area contributed by atoms with Gasteiger partial charge in [-0.2, -0.15) is 10.2 Å². The van der Waals surface area contributed by atoms with Crippen molar-refractivity contribution in [3.63, 3.8) is 0 Å². The highest BCUT2D eigenvalue weighted by Gasteiger charge is 2.25. The number of fused-ring (bicyclic) bond motifs is 1. The Labute approximate surface area is 161 Å². The van der Waals surface area contributed by atoms with E-state index in [1.54, 1.807) is 22.9 Å². The summed E-state index contributed by atoms with van der Waals surface area (Å²) in [5.41, 5.74) is 3.22. The fraction of sp³-hybridized carbons (Fsp3) is 0.250. The molecule has 0 saturated heterocycles.